The summed E-state index contributed by atoms with van der Waals surface area (Å²) in [6.45, 7) is 9.60. The minimum absolute atomic E-state index is 0.741. The Labute approximate surface area is 163 Å². The van der Waals surface area contributed by atoms with Crippen molar-refractivity contribution in [2.45, 2.75) is 20.8 Å². The van der Waals surface area contributed by atoms with Crippen LogP contribution >= 0.6 is 48.5 Å². The van der Waals surface area contributed by atoms with Crippen molar-refractivity contribution in [2.24, 2.45) is 0 Å². The van der Waals surface area contributed by atoms with Crippen LogP contribution in [-0.4, -0.2) is 3.12 Å². The van der Waals surface area contributed by atoms with Gasteiger partial charge in [0.1, 0.15) is 20.1 Å². The predicted octanol–water partition coefficient (Wildman–Crippen LogP) is 4.53. The normalized spacial score (nSPS) is 17.0. The summed E-state index contributed by atoms with van der Waals surface area (Å²) in [7, 11) is 0. The summed E-state index contributed by atoms with van der Waals surface area (Å²) in [5, 5.41) is 16.4. The van der Waals surface area contributed by atoms with E-state index in [-0.39, 0.29) is 0 Å². The Morgan fingerprint density at radius 1 is 1.00 bits per heavy atom. The molecule has 0 aliphatic carbocycles. The monoisotopic (exact) mass is 401 g/mol. The molecule has 1 rings (SSSR count). The smallest absolute Gasteiger partial charge is 0.121 e. The summed E-state index contributed by atoms with van der Waals surface area (Å²) in [5.74, 6) is 0. The van der Waals surface area contributed by atoms with Crippen molar-refractivity contribution in [3.63, 3.8) is 0 Å². The van der Waals surface area contributed by atoms with Crippen LogP contribution in [-0.2, 0) is 0 Å². The van der Waals surface area contributed by atoms with Crippen molar-refractivity contribution in [1.82, 2.24) is 24.4 Å². The molecule has 0 saturated carbocycles. The summed E-state index contributed by atoms with van der Waals surface area (Å²) in [6, 6.07) is 0. The Morgan fingerprint density at radius 3 is 2.17 bits per heavy atom. The van der Waals surface area contributed by atoms with E-state index < -0.39 is 0 Å². The molecule has 0 amide bonds. The van der Waals surface area contributed by atoms with Crippen LogP contribution in [0, 0.1) is 0 Å². The molecule has 24 heavy (non-hydrogen) atoms. The molecule has 0 aromatic rings. The van der Waals surface area contributed by atoms with Gasteiger partial charge in [-0.3, -0.25) is 0 Å². The lowest BCUT2D eigenvalue weighted by molar-refractivity contribution is 1.06. The van der Waals surface area contributed by atoms with E-state index in [0.29, 0.717) is 0 Å². The highest BCUT2D eigenvalue weighted by Gasteiger charge is 2.26. The molecule has 9 heteroatoms. The zero-order chi connectivity index (χ0) is 17.8. The van der Waals surface area contributed by atoms with E-state index in [1.165, 1.54) is 0 Å². The third-order valence-corrected chi connectivity index (χ3v) is 6.24. The van der Waals surface area contributed by atoms with Crippen LogP contribution in [0.25, 0.3) is 0 Å². The van der Waals surface area contributed by atoms with Gasteiger partial charge in [-0.25, -0.2) is 0 Å². The summed E-state index contributed by atoms with van der Waals surface area (Å²) in [5.41, 5.74) is 0. The molecule has 0 radical (unpaired) electrons. The fraction of sp³-hybridized carbons (Fsp3) is 0.200. The van der Waals surface area contributed by atoms with Gasteiger partial charge in [0, 0.05) is 35.8 Å². The molecule has 0 aromatic heterocycles. The van der Waals surface area contributed by atoms with Crippen LogP contribution < -0.4 is 21.3 Å². The SMILES string of the molecule is C=CNC1=C(N/C=C/C)SN(S/C(N/C=C/C)=C(\S)N/C=C/C)S1. The van der Waals surface area contributed by atoms with Gasteiger partial charge in [0.2, 0.25) is 0 Å². The Hall–Kier alpha value is -1.00. The van der Waals surface area contributed by atoms with Crippen LogP contribution in [0.2, 0.25) is 0 Å². The Balaban J connectivity index is 2.83. The summed E-state index contributed by atoms with van der Waals surface area (Å²) >= 11 is 9.24. The van der Waals surface area contributed by atoms with E-state index in [9.17, 15) is 0 Å². The van der Waals surface area contributed by atoms with Crippen LogP contribution in [0.15, 0.2) is 69.7 Å². The first-order valence-electron chi connectivity index (χ1n) is 7.18. The molecule has 0 atom stereocenters. The molecule has 1 aliphatic rings. The van der Waals surface area contributed by atoms with Gasteiger partial charge in [-0.2, -0.15) is 0 Å². The maximum atomic E-state index is 4.53. The first-order valence-corrected chi connectivity index (χ1v) is 9.95. The van der Waals surface area contributed by atoms with Gasteiger partial charge >= 0.3 is 0 Å². The highest BCUT2D eigenvalue weighted by Crippen LogP contribution is 2.48. The van der Waals surface area contributed by atoms with Crippen molar-refractivity contribution in [1.29, 1.82) is 0 Å². The van der Waals surface area contributed by atoms with Crippen molar-refractivity contribution < 1.29 is 0 Å². The Bertz CT molecular complexity index is 566. The van der Waals surface area contributed by atoms with E-state index in [4.69, 9.17) is 0 Å². The number of allylic oxidation sites excluding steroid dienone is 3. The van der Waals surface area contributed by atoms with Gasteiger partial charge in [0.15, 0.2) is 0 Å². The quantitative estimate of drug-likeness (QED) is 0.270. The van der Waals surface area contributed by atoms with Crippen molar-refractivity contribution in [2.75, 3.05) is 0 Å². The van der Waals surface area contributed by atoms with Crippen LogP contribution in [0.1, 0.15) is 20.8 Å². The highest BCUT2D eigenvalue weighted by atomic mass is 32.3. The predicted molar refractivity (Wildman–Crippen MR) is 115 cm³/mol. The second kappa shape index (κ2) is 12.4. The first-order chi connectivity index (χ1) is 11.7. The third-order valence-electron chi connectivity index (χ3n) is 2.30. The van der Waals surface area contributed by atoms with Gasteiger partial charge in [0.05, 0.1) is 0 Å². The average molecular weight is 402 g/mol. The fourth-order valence-corrected chi connectivity index (χ4v) is 4.85. The molecule has 0 spiro atoms. The number of nitrogens with one attached hydrogen (secondary N) is 4. The number of rotatable bonds is 10. The molecule has 0 saturated heterocycles. The van der Waals surface area contributed by atoms with Gasteiger partial charge in [-0.1, -0.05) is 24.8 Å². The van der Waals surface area contributed by atoms with Crippen LogP contribution in [0.3, 0.4) is 0 Å². The first kappa shape index (κ1) is 21.0. The number of thiol groups is 1. The number of nitrogens with zero attached hydrogens (tertiary/aromatic N) is 1. The minimum Gasteiger partial charge on any atom is -0.355 e. The third kappa shape index (κ3) is 7.27. The van der Waals surface area contributed by atoms with Crippen LogP contribution in [0.4, 0.5) is 0 Å². The van der Waals surface area contributed by atoms with E-state index in [1.807, 2.05) is 57.6 Å². The summed E-state index contributed by atoms with van der Waals surface area (Å²) in [4.78, 5) is 0. The zero-order valence-electron chi connectivity index (χ0n) is 13.9. The molecule has 0 fully saturated rings. The molecule has 4 N–H and O–H groups in total. The topological polar surface area (TPSA) is 51.4 Å². The summed E-state index contributed by atoms with van der Waals surface area (Å²) < 4.78 is 2.07. The van der Waals surface area contributed by atoms with E-state index in [1.54, 1.807) is 42.0 Å². The van der Waals surface area contributed by atoms with Crippen molar-refractivity contribution in [3.8, 4) is 0 Å². The molecule has 0 aromatic carbocycles. The molecular weight excluding hydrogens is 378 g/mol. The molecule has 1 heterocycles. The van der Waals surface area contributed by atoms with Gasteiger partial charge in [-0.05, 0) is 45.6 Å². The van der Waals surface area contributed by atoms with Gasteiger partial charge in [-0.15, -0.1) is 15.7 Å². The molecule has 0 unspecified atom stereocenters. The fourth-order valence-electron chi connectivity index (χ4n) is 1.32. The molecule has 5 nitrogen and oxygen atoms in total. The van der Waals surface area contributed by atoms with Crippen LogP contribution in [0.5, 0.6) is 0 Å². The van der Waals surface area contributed by atoms with E-state index in [0.717, 1.165) is 20.1 Å². The lowest BCUT2D eigenvalue weighted by Gasteiger charge is -2.16. The zero-order valence-corrected chi connectivity index (χ0v) is 17.2. The Morgan fingerprint density at radius 2 is 1.58 bits per heavy atom. The standard InChI is InChI=1S/C15H23N5S4/c1-5-9-17-12(21)13(18-10-6-2)22-20-23-14(16-8-4)15(24-20)19-11-7-3/h5-11,16-19,21H,4H2,1-3H3/b9-5+,10-6+,11-7+,13-12-. The van der Waals surface area contributed by atoms with E-state index >= 15 is 0 Å². The van der Waals surface area contributed by atoms with Crippen molar-refractivity contribution >= 4 is 48.5 Å². The molecular formula is C15H23N5S4. The van der Waals surface area contributed by atoms with Gasteiger partial charge < -0.3 is 21.3 Å². The van der Waals surface area contributed by atoms with E-state index in [2.05, 4.69) is 43.6 Å². The second-order valence-electron chi connectivity index (χ2n) is 4.11. The minimum atomic E-state index is 0.741. The van der Waals surface area contributed by atoms with Gasteiger partial charge in [0.25, 0.3) is 0 Å². The largest absolute Gasteiger partial charge is 0.355 e. The molecule has 132 valence electrons. The number of hydrogen-bond acceptors (Lipinski definition) is 9. The Kier molecular flexibility index (Phi) is 10.9. The van der Waals surface area contributed by atoms with Crippen molar-refractivity contribution in [3.05, 3.63) is 69.7 Å². The average Bonchev–Trinajstić information content (AvgIpc) is 2.96. The lowest BCUT2D eigenvalue weighted by Crippen LogP contribution is -2.13. The molecule has 0 bridgehead atoms. The highest BCUT2D eigenvalue weighted by molar-refractivity contribution is 8.30. The maximum absolute atomic E-state index is 4.53. The summed E-state index contributed by atoms with van der Waals surface area (Å²) in [6.07, 6.45) is 13.1. The number of hydrogen-bond donors (Lipinski definition) is 5. The second-order valence-corrected chi connectivity index (χ2v) is 8.12. The maximum Gasteiger partial charge on any atom is 0.121 e. The lowest BCUT2D eigenvalue weighted by atomic mass is 10.6. The molecule has 1 aliphatic heterocycles.